The van der Waals surface area contributed by atoms with Gasteiger partial charge < -0.3 is 51.9 Å². The predicted molar refractivity (Wildman–Crippen MR) is 180 cm³/mol. The van der Waals surface area contributed by atoms with Crippen LogP contribution in [0, 0.1) is 0 Å². The van der Waals surface area contributed by atoms with Crippen molar-refractivity contribution < 1.29 is 46.8 Å². The fraction of sp³-hybridized carbons (Fsp3) is 0.324. The summed E-state index contributed by atoms with van der Waals surface area (Å²) in [4.78, 5) is 87.9. The summed E-state index contributed by atoms with van der Waals surface area (Å²) in [6, 6.07) is 3.55. The molecule has 6 atom stereocenters. The number of aliphatic hydroxyl groups excluding tert-OH is 1. The number of nitrogens with one attached hydrogen (secondary N) is 7. The van der Waals surface area contributed by atoms with Gasteiger partial charge in [0.15, 0.2) is 0 Å². The Morgan fingerprint density at radius 3 is 2.31 bits per heavy atom. The lowest BCUT2D eigenvalue weighted by Crippen LogP contribution is -2.60. The molecule has 1 fully saturated rings. The maximum absolute atomic E-state index is 14.1. The molecule has 10 N–H and O–H groups in total. The van der Waals surface area contributed by atoms with Gasteiger partial charge in [0.1, 0.15) is 35.9 Å². The Bertz CT molecular complexity index is 1970. The van der Waals surface area contributed by atoms with Crippen LogP contribution in [0.5, 0.6) is 5.75 Å². The zero-order valence-electron chi connectivity index (χ0n) is 29.0. The number of aliphatic carboxylic acids is 1. The number of para-hydroxylation sites is 1. The molecule has 0 aliphatic carbocycles. The van der Waals surface area contributed by atoms with E-state index in [1.165, 1.54) is 43.0 Å². The molecule has 5 amide bonds. The topological polar surface area (TPSA) is 268 Å². The molecular formula is C34H38N8O9. The molecule has 1 saturated heterocycles. The van der Waals surface area contributed by atoms with Crippen LogP contribution in [-0.2, 0) is 48.0 Å². The Labute approximate surface area is 293 Å². The van der Waals surface area contributed by atoms with Crippen molar-refractivity contribution in [3.63, 3.8) is 0 Å². The Kier molecular flexibility index (Phi) is 10.7. The summed E-state index contributed by atoms with van der Waals surface area (Å²) in [7, 11) is 0. The second kappa shape index (κ2) is 16.4. The zero-order chi connectivity index (χ0) is 38.3. The third-order valence-electron chi connectivity index (χ3n) is 8.14. The highest BCUT2D eigenvalue weighted by atomic mass is 16.4. The number of carboxylic acid groups (broad SMARTS) is 1. The Morgan fingerprint density at radius 2 is 1.65 bits per heavy atom. The third-order valence-corrected chi connectivity index (χ3v) is 8.14. The van der Waals surface area contributed by atoms with Crippen molar-refractivity contribution in [3.8, 4) is 5.75 Å². The molecule has 0 radical (unpaired) electrons. The molecule has 0 saturated carbocycles. The van der Waals surface area contributed by atoms with Crippen LogP contribution in [0.25, 0.3) is 10.9 Å². The van der Waals surface area contributed by atoms with Gasteiger partial charge in [0, 0.05) is 56.0 Å². The number of phenolic OH excluding ortho intramolecular Hbond substituents is 1. The summed E-state index contributed by atoms with van der Waals surface area (Å²) in [6.07, 6.45) is 2.06. The lowest BCUT2D eigenvalue weighted by molar-refractivity contribution is -0.142. The fourth-order valence-electron chi connectivity index (χ4n) is 5.43. The number of rotatable bonds is 16. The van der Waals surface area contributed by atoms with Crippen LogP contribution in [0.4, 0.5) is 0 Å². The molecule has 5 rings (SSSR count). The Balaban J connectivity index is 1.42. The maximum atomic E-state index is 14.1. The van der Waals surface area contributed by atoms with Crippen molar-refractivity contribution in [1.82, 2.24) is 41.5 Å². The summed E-state index contributed by atoms with van der Waals surface area (Å²) in [6.45, 7) is -1.06. The van der Waals surface area contributed by atoms with E-state index in [1.54, 1.807) is 24.3 Å². The second-order valence-corrected chi connectivity index (χ2v) is 11.8. The van der Waals surface area contributed by atoms with Crippen LogP contribution < -0.4 is 26.6 Å². The minimum absolute atomic E-state index is 0.0589. The molecule has 1 aliphatic heterocycles. The number of phenols is 1. The first-order valence-electron chi connectivity index (χ1n) is 17.0. The van der Waals surface area contributed by atoms with Gasteiger partial charge in [-0.3, -0.25) is 24.0 Å². The van der Waals surface area contributed by atoms with Gasteiger partial charge in [-0.25, -0.2) is 9.78 Å². The summed E-state index contributed by atoms with van der Waals surface area (Å²) >= 11 is 0. The molecule has 0 bridgehead atoms. The number of H-pyrrole nitrogens is 2. The number of amides is 5. The van der Waals surface area contributed by atoms with Gasteiger partial charge in [-0.05, 0) is 35.7 Å². The monoisotopic (exact) mass is 706 g/mol. The van der Waals surface area contributed by atoms with Gasteiger partial charge in [0.05, 0.1) is 14.3 Å². The molecule has 4 aromatic rings. The van der Waals surface area contributed by atoms with Gasteiger partial charge >= 0.3 is 5.97 Å². The molecule has 51 heavy (non-hydrogen) atoms. The molecule has 1 unspecified atom stereocenters. The zero-order valence-corrected chi connectivity index (χ0v) is 27.0. The minimum atomic E-state index is -2.94. The number of aliphatic hydroxyl groups is 1. The number of nitrogens with zero attached hydrogens (tertiary/aromatic N) is 1. The van der Waals surface area contributed by atoms with Crippen molar-refractivity contribution >= 4 is 46.4 Å². The van der Waals surface area contributed by atoms with E-state index in [-0.39, 0.29) is 42.9 Å². The highest BCUT2D eigenvalue weighted by Crippen LogP contribution is 2.20. The number of carbonyl (C=O) groups excluding carboxylic acids is 5. The highest BCUT2D eigenvalue weighted by Gasteiger charge is 2.34. The fourth-order valence-corrected chi connectivity index (χ4v) is 5.43. The van der Waals surface area contributed by atoms with E-state index >= 15 is 0 Å². The van der Waals surface area contributed by atoms with Gasteiger partial charge in [0.25, 0.3) is 0 Å². The minimum Gasteiger partial charge on any atom is -0.508 e. The van der Waals surface area contributed by atoms with Crippen LogP contribution in [0.1, 0.15) is 32.4 Å². The number of carbonyl (C=O) groups is 6. The summed E-state index contributed by atoms with van der Waals surface area (Å²) in [5.74, 6) is -6.19. The van der Waals surface area contributed by atoms with Gasteiger partial charge in [-0.1, -0.05) is 30.3 Å². The third kappa shape index (κ3) is 9.48. The van der Waals surface area contributed by atoms with Gasteiger partial charge in [0.2, 0.25) is 29.5 Å². The number of aromatic hydroxyl groups is 1. The van der Waals surface area contributed by atoms with E-state index in [4.69, 9.17) is 1.37 Å². The van der Waals surface area contributed by atoms with Crippen molar-refractivity contribution in [1.29, 1.82) is 0 Å². The number of aromatic amines is 2. The highest BCUT2D eigenvalue weighted by molar-refractivity contribution is 5.97. The van der Waals surface area contributed by atoms with Crippen molar-refractivity contribution in [2.75, 3.05) is 6.61 Å². The van der Waals surface area contributed by atoms with Crippen LogP contribution in [-0.4, -0.2) is 103 Å². The van der Waals surface area contributed by atoms with E-state index in [0.717, 1.165) is 0 Å². The average Bonchev–Trinajstić information content (AvgIpc) is 3.92. The predicted octanol–water partition coefficient (Wildman–Crippen LogP) is -1.08. The summed E-state index contributed by atoms with van der Waals surface area (Å²) in [5, 5.41) is 41.7. The van der Waals surface area contributed by atoms with Crippen molar-refractivity contribution in [2.24, 2.45) is 0 Å². The normalized spacial score (nSPS) is 18.1. The van der Waals surface area contributed by atoms with Crippen LogP contribution in [0.2, 0.25) is 0 Å². The number of hydrogen-bond donors (Lipinski definition) is 10. The average molecular weight is 707 g/mol. The summed E-state index contributed by atoms with van der Waals surface area (Å²) < 4.78 is 18.5. The first kappa shape index (κ1) is 33.3. The van der Waals surface area contributed by atoms with Crippen molar-refractivity contribution in [3.05, 3.63) is 84.1 Å². The van der Waals surface area contributed by atoms with Gasteiger partial charge in [-0.15, -0.1) is 0 Å². The summed E-state index contributed by atoms with van der Waals surface area (Å²) in [5.41, 5.74) is 1.49. The Hall–Kier alpha value is -6.23. The number of hydrogen-bond acceptors (Lipinski definition) is 9. The quantitative estimate of drug-likeness (QED) is 0.0673. The van der Waals surface area contributed by atoms with E-state index in [1.807, 2.05) is 0 Å². The van der Waals surface area contributed by atoms with E-state index in [0.29, 0.717) is 22.2 Å². The van der Waals surface area contributed by atoms with Crippen LogP contribution in [0.15, 0.2) is 67.3 Å². The smallest absolute Gasteiger partial charge is 0.326 e. The molecule has 2 aromatic carbocycles. The van der Waals surface area contributed by atoms with Gasteiger partial charge in [-0.2, -0.15) is 0 Å². The SMILES string of the molecule is [3H]C(c1c[nH]c2ccccc12)[C@@]([3H])(NC(=O)[C@H](Cc1cnc[nH]1)NC(=O)[C@@H]1CCC(=O)N1)C(=O)N[C@@H](CO)C(=O)N[C@@H](Cc1ccc(O)cc1)C(=O)O. The first-order chi connectivity index (χ1) is 25.3. The number of benzene rings is 2. The molecule has 268 valence electrons. The molecule has 1 aliphatic rings. The lowest BCUT2D eigenvalue weighted by atomic mass is 10.0. The van der Waals surface area contributed by atoms with E-state index in [9.17, 15) is 45.5 Å². The molecule has 17 nitrogen and oxygen atoms in total. The molecule has 0 spiro atoms. The second-order valence-electron chi connectivity index (χ2n) is 11.8. The molecule has 2 aromatic heterocycles. The lowest BCUT2D eigenvalue weighted by Gasteiger charge is -2.26. The molecule has 17 heteroatoms. The van der Waals surface area contributed by atoms with Crippen molar-refractivity contribution in [2.45, 2.75) is 62.3 Å². The van der Waals surface area contributed by atoms with Crippen LogP contribution in [0.3, 0.4) is 0 Å². The standard InChI is InChI=1S/C34H38N8O9/c43-16-28(33(49)41-27(34(50)51)11-18-5-7-21(44)8-6-18)42-31(47)25(12-19-14-36-23-4-2-1-3-22(19)23)39-32(48)26(13-20-15-35-17-37-20)40-30(46)24-9-10-29(45)38-24/h1-8,14-15,17,24-28,36,43-44H,9-13,16H2,(H,35,37)(H,38,45)(H,39,48)(H,40,46)(H,41,49)(H,42,47)(H,50,51)/t24-,25+,26-,27-,28-/m0/s1/i12T,25T/t12?,24-,25+,26-,27-,28-. The molecular weight excluding hydrogens is 664 g/mol. The van der Waals surface area contributed by atoms with Crippen LogP contribution >= 0.6 is 0 Å². The first-order valence-corrected chi connectivity index (χ1v) is 15.9. The number of fused-ring (bicyclic) bond motifs is 1. The largest absolute Gasteiger partial charge is 0.508 e. The maximum Gasteiger partial charge on any atom is 0.326 e. The van der Waals surface area contributed by atoms with E-state index < -0.39 is 72.8 Å². The number of imidazole rings is 1. The number of carboxylic acids is 1. The van der Waals surface area contributed by atoms with E-state index in [2.05, 4.69) is 41.5 Å². The Morgan fingerprint density at radius 1 is 0.922 bits per heavy atom. The number of aromatic nitrogens is 3. The molecule has 3 heterocycles.